The molecular weight excluding hydrogens is 867 g/mol. The fourth-order valence-corrected chi connectivity index (χ4v) is 13.1. The third kappa shape index (κ3) is 12.8. The molecule has 1 saturated heterocycles. The lowest BCUT2D eigenvalue weighted by molar-refractivity contribution is -0.118. The largest absolute Gasteiger partial charge is 0.354 e. The van der Waals surface area contributed by atoms with Gasteiger partial charge in [-0.05, 0) is 96.7 Å². The van der Waals surface area contributed by atoms with E-state index in [9.17, 15) is 4.79 Å². The maximum Gasteiger partial charge on any atom is 0.230 e. The normalized spacial score (nSPS) is 13.7. The number of rotatable bonds is 25. The van der Waals surface area contributed by atoms with Crippen molar-refractivity contribution in [1.29, 1.82) is 0 Å². The number of carbonyl (C=O) groups excluding carboxylic acids is 1. The maximum atomic E-state index is 14.0. The van der Waals surface area contributed by atoms with Crippen LogP contribution in [0.5, 0.6) is 0 Å². The van der Waals surface area contributed by atoms with E-state index >= 15 is 0 Å². The highest BCUT2D eigenvalue weighted by Gasteiger charge is 2.38. The van der Waals surface area contributed by atoms with Gasteiger partial charge in [0.1, 0.15) is 0 Å². The summed E-state index contributed by atoms with van der Waals surface area (Å²) in [6.07, 6.45) is 8.76. The molecule has 1 aliphatic heterocycles. The summed E-state index contributed by atoms with van der Waals surface area (Å²) in [5.74, 6) is 2.06. The zero-order chi connectivity index (χ0) is 46.5. The molecular formula is C62H69N3OS2. The van der Waals surface area contributed by atoms with Gasteiger partial charge in [-0.25, -0.2) is 0 Å². The van der Waals surface area contributed by atoms with Crippen LogP contribution >= 0.6 is 23.5 Å². The Labute approximate surface area is 416 Å². The second kappa shape index (κ2) is 25.8. The minimum Gasteiger partial charge on any atom is -0.354 e. The molecule has 1 N–H and O–H groups in total. The number of likely N-dealkylation sites (tertiary alicyclic amines) is 1. The molecule has 8 rings (SSSR count). The first kappa shape index (κ1) is 49.1. The van der Waals surface area contributed by atoms with Crippen LogP contribution in [0.2, 0.25) is 0 Å². The lowest BCUT2D eigenvalue weighted by atomic mass is 9.84. The lowest BCUT2D eigenvalue weighted by Crippen LogP contribution is -2.38. The summed E-state index contributed by atoms with van der Waals surface area (Å²) in [6.45, 7) is 7.03. The van der Waals surface area contributed by atoms with Crippen LogP contribution in [-0.2, 0) is 14.3 Å². The summed E-state index contributed by atoms with van der Waals surface area (Å²) in [6, 6.07) is 76.1. The molecule has 1 aliphatic rings. The Morgan fingerprint density at radius 2 is 0.853 bits per heavy atom. The molecule has 0 atom stereocenters. The van der Waals surface area contributed by atoms with Gasteiger partial charge >= 0.3 is 0 Å². The van der Waals surface area contributed by atoms with E-state index in [0.717, 1.165) is 31.8 Å². The van der Waals surface area contributed by atoms with Gasteiger partial charge in [-0.2, -0.15) is 0 Å². The van der Waals surface area contributed by atoms with Gasteiger partial charge < -0.3 is 15.1 Å². The standard InChI is InChI=1S/C62H69N3OS2/c66-60(51-68-62(57-35-19-8-20-36-57,58-37-21-9-22-38-58)59-39-23-10-24-40-59)63-43-48-65(45-26-3-1-2-25-44-64-46-41-53(42-47-64)52-27-11-4-12-28-52)49-50-67-61(54-29-13-5-14-30-54,55-31-15-6-16-32-55)56-33-17-7-18-34-56/h4-24,27-40,53H,1-3,25-26,41-51H2,(H,63,66). The zero-order valence-electron chi connectivity index (χ0n) is 39.7. The van der Waals surface area contributed by atoms with E-state index in [4.69, 9.17) is 0 Å². The Morgan fingerprint density at radius 1 is 0.471 bits per heavy atom. The van der Waals surface area contributed by atoms with Gasteiger partial charge in [0.05, 0.1) is 15.2 Å². The molecule has 1 heterocycles. The molecule has 350 valence electrons. The zero-order valence-corrected chi connectivity index (χ0v) is 41.4. The van der Waals surface area contributed by atoms with Crippen molar-refractivity contribution >= 4 is 29.4 Å². The molecule has 68 heavy (non-hydrogen) atoms. The van der Waals surface area contributed by atoms with Crippen molar-refractivity contribution in [3.8, 4) is 0 Å². The van der Waals surface area contributed by atoms with Crippen LogP contribution < -0.4 is 5.32 Å². The number of amides is 1. The molecule has 0 spiro atoms. The third-order valence-corrected chi connectivity index (χ3v) is 16.9. The summed E-state index contributed by atoms with van der Waals surface area (Å²) < 4.78 is -0.896. The molecule has 0 radical (unpaired) electrons. The number of unbranched alkanes of at least 4 members (excludes halogenated alkanes) is 4. The van der Waals surface area contributed by atoms with Crippen molar-refractivity contribution in [2.24, 2.45) is 0 Å². The van der Waals surface area contributed by atoms with Gasteiger partial charge in [0.2, 0.25) is 5.91 Å². The third-order valence-electron chi connectivity index (χ3n) is 13.8. The van der Waals surface area contributed by atoms with Crippen molar-refractivity contribution in [1.82, 2.24) is 15.1 Å². The lowest BCUT2D eigenvalue weighted by Gasteiger charge is -2.36. The second-order valence-corrected chi connectivity index (χ2v) is 20.7. The molecule has 4 nitrogen and oxygen atoms in total. The average Bonchev–Trinajstić information content (AvgIpc) is 3.42. The molecule has 1 fully saturated rings. The molecule has 7 aromatic carbocycles. The van der Waals surface area contributed by atoms with Crippen LogP contribution in [0, 0.1) is 0 Å². The number of nitrogens with one attached hydrogen (secondary N) is 1. The van der Waals surface area contributed by atoms with E-state index in [1.807, 2.05) is 11.8 Å². The number of nitrogens with zero attached hydrogens (tertiary/aromatic N) is 2. The van der Waals surface area contributed by atoms with Crippen LogP contribution in [0.3, 0.4) is 0 Å². The fraction of sp³-hybridized carbons (Fsp3) is 0.306. The number of thioether (sulfide) groups is 2. The monoisotopic (exact) mass is 935 g/mol. The summed E-state index contributed by atoms with van der Waals surface area (Å²) in [5.41, 5.74) is 8.88. The number of hydrogen-bond donors (Lipinski definition) is 1. The van der Waals surface area contributed by atoms with Crippen LogP contribution in [0.1, 0.15) is 89.8 Å². The van der Waals surface area contributed by atoms with Crippen LogP contribution in [0.15, 0.2) is 212 Å². The quantitative estimate of drug-likeness (QED) is 0.0456. The topological polar surface area (TPSA) is 35.6 Å². The molecule has 0 bridgehead atoms. The minimum absolute atomic E-state index is 0.0667. The Hall–Kier alpha value is -5.37. The summed E-state index contributed by atoms with van der Waals surface area (Å²) >= 11 is 3.73. The predicted octanol–water partition coefficient (Wildman–Crippen LogP) is 13.7. The summed E-state index contributed by atoms with van der Waals surface area (Å²) in [7, 11) is 0. The Morgan fingerprint density at radius 3 is 1.29 bits per heavy atom. The highest BCUT2D eigenvalue weighted by atomic mass is 32.2. The van der Waals surface area contributed by atoms with Gasteiger partial charge in [-0.15, -0.1) is 23.5 Å². The van der Waals surface area contributed by atoms with E-state index in [2.05, 4.69) is 227 Å². The van der Waals surface area contributed by atoms with Crippen LogP contribution in [-0.4, -0.2) is 73.0 Å². The molecule has 0 aliphatic carbocycles. The fourth-order valence-electron chi connectivity index (χ4n) is 10.2. The smallest absolute Gasteiger partial charge is 0.230 e. The van der Waals surface area contributed by atoms with Crippen LogP contribution in [0.25, 0.3) is 0 Å². The molecule has 6 heteroatoms. The minimum atomic E-state index is -0.535. The average molecular weight is 936 g/mol. The SMILES string of the molecule is O=C(CSC(c1ccccc1)(c1ccccc1)c1ccccc1)NCCN(CCCCCCCN1CCC(c2ccccc2)CC1)CCSC(c1ccccc1)(c1ccccc1)c1ccccc1. The number of benzene rings is 7. The molecule has 1 amide bonds. The second-order valence-electron chi connectivity index (χ2n) is 18.2. The van der Waals surface area contributed by atoms with E-state index in [-0.39, 0.29) is 10.7 Å². The van der Waals surface area contributed by atoms with Crippen LogP contribution in [0.4, 0.5) is 0 Å². The van der Waals surface area contributed by atoms with Crippen molar-refractivity contribution in [2.75, 3.05) is 57.3 Å². The summed E-state index contributed by atoms with van der Waals surface area (Å²) in [4.78, 5) is 19.3. The first-order valence-electron chi connectivity index (χ1n) is 25.0. The highest BCUT2D eigenvalue weighted by molar-refractivity contribution is 8.01. The van der Waals surface area contributed by atoms with Crippen molar-refractivity contribution in [3.05, 3.63) is 251 Å². The number of carbonyl (C=O) groups is 1. The molecule has 0 aromatic heterocycles. The molecule has 0 saturated carbocycles. The predicted molar refractivity (Wildman–Crippen MR) is 291 cm³/mol. The first-order valence-corrected chi connectivity index (χ1v) is 27.0. The number of piperidine rings is 1. The Kier molecular flexibility index (Phi) is 18.6. The van der Waals surface area contributed by atoms with E-state index in [0.29, 0.717) is 18.2 Å². The van der Waals surface area contributed by atoms with E-state index < -0.39 is 4.75 Å². The summed E-state index contributed by atoms with van der Waals surface area (Å²) in [5, 5.41) is 3.37. The Bertz CT molecular complexity index is 2280. The van der Waals surface area contributed by atoms with Gasteiger partial charge in [0, 0.05) is 25.4 Å². The Balaban J connectivity index is 0.906. The molecule has 0 unspecified atom stereocenters. The number of hydrogen-bond acceptors (Lipinski definition) is 5. The van der Waals surface area contributed by atoms with Gasteiger partial charge in [0.15, 0.2) is 0 Å². The maximum absolute atomic E-state index is 14.0. The van der Waals surface area contributed by atoms with Crippen molar-refractivity contribution in [3.63, 3.8) is 0 Å². The first-order chi connectivity index (χ1) is 33.6. The van der Waals surface area contributed by atoms with Gasteiger partial charge in [-0.3, -0.25) is 4.79 Å². The van der Waals surface area contributed by atoms with E-state index in [1.54, 1.807) is 11.8 Å². The van der Waals surface area contributed by atoms with Gasteiger partial charge in [-0.1, -0.05) is 232 Å². The molecule has 7 aromatic rings. The van der Waals surface area contributed by atoms with Crippen molar-refractivity contribution < 1.29 is 4.79 Å². The van der Waals surface area contributed by atoms with Gasteiger partial charge in [0.25, 0.3) is 0 Å². The highest BCUT2D eigenvalue weighted by Crippen LogP contribution is 2.49. The van der Waals surface area contributed by atoms with E-state index in [1.165, 1.54) is 97.1 Å². The van der Waals surface area contributed by atoms with Crippen molar-refractivity contribution in [2.45, 2.75) is 60.4 Å².